The number of rotatable bonds is 1. The van der Waals surface area contributed by atoms with Gasteiger partial charge in [0, 0.05) is 17.1 Å². The third-order valence-corrected chi connectivity index (χ3v) is 2.69. The van der Waals surface area contributed by atoms with E-state index in [1.54, 1.807) is 39.0 Å². The molecule has 0 spiro atoms. The molecule has 0 bridgehead atoms. The van der Waals surface area contributed by atoms with Gasteiger partial charge in [0.05, 0.1) is 5.52 Å². The number of nitrogens with zero attached hydrogens (tertiary/aromatic N) is 2. The molecule has 0 aliphatic heterocycles. The van der Waals surface area contributed by atoms with Gasteiger partial charge in [-0.15, -0.1) is 0 Å². The summed E-state index contributed by atoms with van der Waals surface area (Å²) in [5, 5.41) is 12.5. The minimum absolute atomic E-state index is 0.0523. The van der Waals surface area contributed by atoms with Crippen molar-refractivity contribution in [2.45, 2.75) is 26.4 Å². The first-order valence-electron chi connectivity index (χ1n) is 6.15. The number of hydrogen-bond donors (Lipinski definition) is 2. The number of oxime groups is 1. The summed E-state index contributed by atoms with van der Waals surface area (Å²) in [6, 6.07) is 7.19. The second-order valence-corrected chi connectivity index (χ2v) is 5.40. The van der Waals surface area contributed by atoms with Crippen molar-refractivity contribution in [2.24, 2.45) is 10.9 Å². The van der Waals surface area contributed by atoms with Crippen LogP contribution in [0.5, 0.6) is 0 Å². The molecule has 0 saturated carbocycles. The highest BCUT2D eigenvalue weighted by Gasteiger charge is 2.21. The number of carbonyl (C=O) groups excluding carboxylic acids is 1. The Hall–Kier alpha value is -2.50. The second kappa shape index (κ2) is 4.88. The van der Waals surface area contributed by atoms with Crippen LogP contribution in [0.3, 0.4) is 0 Å². The number of benzene rings is 1. The molecule has 1 aromatic heterocycles. The van der Waals surface area contributed by atoms with Gasteiger partial charge in [0.25, 0.3) is 0 Å². The molecule has 0 atom stereocenters. The molecule has 6 heteroatoms. The topological polar surface area (TPSA) is 89.8 Å². The molecule has 0 saturated heterocycles. The fraction of sp³-hybridized carbons (Fsp3) is 0.286. The van der Waals surface area contributed by atoms with Gasteiger partial charge < -0.3 is 15.7 Å². The minimum Gasteiger partial charge on any atom is -0.443 e. The summed E-state index contributed by atoms with van der Waals surface area (Å²) in [5.74, 6) is -0.0523. The Balaban J connectivity index is 2.57. The third-order valence-electron chi connectivity index (χ3n) is 2.69. The van der Waals surface area contributed by atoms with Crippen LogP contribution in [0.2, 0.25) is 0 Å². The maximum Gasteiger partial charge on any atom is 0.419 e. The molecular formula is C14H17N3O3. The average molecular weight is 275 g/mol. The lowest BCUT2D eigenvalue weighted by Gasteiger charge is -2.19. The molecule has 0 fully saturated rings. The normalized spacial score (nSPS) is 12.7. The van der Waals surface area contributed by atoms with Gasteiger partial charge in [0.1, 0.15) is 5.60 Å². The first-order chi connectivity index (χ1) is 9.33. The van der Waals surface area contributed by atoms with Crippen LogP contribution in [0, 0.1) is 0 Å². The molecule has 0 aliphatic carbocycles. The largest absolute Gasteiger partial charge is 0.443 e. The molecule has 1 aromatic carbocycles. The van der Waals surface area contributed by atoms with Crippen molar-refractivity contribution in [2.75, 3.05) is 0 Å². The Morgan fingerprint density at radius 2 is 2.00 bits per heavy atom. The Labute approximate surface area is 116 Å². The van der Waals surface area contributed by atoms with E-state index in [2.05, 4.69) is 5.16 Å². The van der Waals surface area contributed by atoms with Gasteiger partial charge in [0.2, 0.25) is 0 Å². The van der Waals surface area contributed by atoms with E-state index in [4.69, 9.17) is 15.7 Å². The fourth-order valence-electron chi connectivity index (χ4n) is 1.90. The maximum atomic E-state index is 12.2. The Bertz CT molecular complexity index is 681. The standard InChI is InChI=1S/C14H17N3O3/c1-14(2,3)20-13(18)17-8-10(12(15)16-19)9-6-4-5-7-11(9)17/h4-8,19H,1-3H3,(H2,15,16). The summed E-state index contributed by atoms with van der Waals surface area (Å²) >= 11 is 0. The van der Waals surface area contributed by atoms with E-state index in [9.17, 15) is 4.79 Å². The predicted molar refractivity (Wildman–Crippen MR) is 76.1 cm³/mol. The van der Waals surface area contributed by atoms with Crippen molar-refractivity contribution in [3.05, 3.63) is 36.0 Å². The summed E-state index contributed by atoms with van der Waals surface area (Å²) in [5.41, 5.74) is 6.16. The van der Waals surface area contributed by atoms with Gasteiger partial charge in [-0.2, -0.15) is 0 Å². The van der Waals surface area contributed by atoms with Gasteiger partial charge in [-0.05, 0) is 26.8 Å². The van der Waals surface area contributed by atoms with E-state index >= 15 is 0 Å². The summed E-state index contributed by atoms with van der Waals surface area (Å²) in [7, 11) is 0. The first-order valence-corrected chi connectivity index (χ1v) is 6.15. The monoisotopic (exact) mass is 275 g/mol. The van der Waals surface area contributed by atoms with Gasteiger partial charge in [-0.1, -0.05) is 23.4 Å². The predicted octanol–water partition coefficient (Wildman–Crippen LogP) is 2.52. The van der Waals surface area contributed by atoms with Crippen molar-refractivity contribution in [1.29, 1.82) is 0 Å². The fourth-order valence-corrected chi connectivity index (χ4v) is 1.90. The molecule has 6 nitrogen and oxygen atoms in total. The summed E-state index contributed by atoms with van der Waals surface area (Å²) in [6.07, 6.45) is 0.999. The average Bonchev–Trinajstić information content (AvgIpc) is 2.75. The molecular weight excluding hydrogens is 258 g/mol. The van der Waals surface area contributed by atoms with Crippen molar-refractivity contribution in [3.8, 4) is 0 Å². The number of fused-ring (bicyclic) bond motifs is 1. The van der Waals surface area contributed by atoms with Crippen LogP contribution < -0.4 is 5.73 Å². The highest BCUT2D eigenvalue weighted by Crippen LogP contribution is 2.22. The van der Waals surface area contributed by atoms with Crippen molar-refractivity contribution < 1.29 is 14.7 Å². The molecule has 0 unspecified atom stereocenters. The Morgan fingerprint density at radius 1 is 1.35 bits per heavy atom. The van der Waals surface area contributed by atoms with E-state index in [1.165, 1.54) is 10.8 Å². The van der Waals surface area contributed by atoms with E-state index in [1.807, 2.05) is 6.07 Å². The lowest BCUT2D eigenvalue weighted by Crippen LogP contribution is -2.26. The molecule has 2 aromatic rings. The second-order valence-electron chi connectivity index (χ2n) is 5.40. The molecule has 0 radical (unpaired) electrons. The highest BCUT2D eigenvalue weighted by molar-refractivity contribution is 6.10. The van der Waals surface area contributed by atoms with E-state index in [-0.39, 0.29) is 5.84 Å². The molecule has 1 heterocycles. The Morgan fingerprint density at radius 3 is 2.60 bits per heavy atom. The third kappa shape index (κ3) is 2.59. The summed E-state index contributed by atoms with van der Waals surface area (Å²) < 4.78 is 6.69. The van der Waals surface area contributed by atoms with Crippen LogP contribution in [0.15, 0.2) is 35.6 Å². The van der Waals surface area contributed by atoms with Gasteiger partial charge >= 0.3 is 6.09 Å². The van der Waals surface area contributed by atoms with Crippen LogP contribution in [0.4, 0.5) is 4.79 Å². The smallest absolute Gasteiger partial charge is 0.419 e. The van der Waals surface area contributed by atoms with Crippen LogP contribution >= 0.6 is 0 Å². The quantitative estimate of drug-likeness (QED) is 0.362. The van der Waals surface area contributed by atoms with Crippen LogP contribution in [0.1, 0.15) is 26.3 Å². The molecule has 2 rings (SSSR count). The number of amidine groups is 1. The number of ether oxygens (including phenoxy) is 1. The Kier molecular flexibility index (Phi) is 3.40. The maximum absolute atomic E-state index is 12.2. The molecule has 0 amide bonds. The number of aromatic nitrogens is 1. The highest BCUT2D eigenvalue weighted by atomic mass is 16.6. The molecule has 0 aliphatic rings. The summed E-state index contributed by atoms with van der Waals surface area (Å²) in [4.78, 5) is 12.2. The lowest BCUT2D eigenvalue weighted by molar-refractivity contribution is 0.0544. The van der Waals surface area contributed by atoms with E-state index in [0.717, 1.165) is 0 Å². The summed E-state index contributed by atoms with van der Waals surface area (Å²) in [6.45, 7) is 5.38. The van der Waals surface area contributed by atoms with Crippen molar-refractivity contribution in [1.82, 2.24) is 4.57 Å². The van der Waals surface area contributed by atoms with Crippen LogP contribution in [-0.2, 0) is 4.74 Å². The zero-order chi connectivity index (χ0) is 14.9. The van der Waals surface area contributed by atoms with E-state index < -0.39 is 11.7 Å². The number of nitrogens with two attached hydrogens (primary N) is 1. The van der Waals surface area contributed by atoms with Gasteiger partial charge in [-0.25, -0.2) is 4.79 Å². The zero-order valence-corrected chi connectivity index (χ0v) is 11.6. The lowest BCUT2D eigenvalue weighted by atomic mass is 10.1. The zero-order valence-electron chi connectivity index (χ0n) is 11.6. The van der Waals surface area contributed by atoms with Crippen molar-refractivity contribution >= 4 is 22.8 Å². The molecule has 20 heavy (non-hydrogen) atoms. The number of para-hydroxylation sites is 1. The van der Waals surface area contributed by atoms with Crippen LogP contribution in [0.25, 0.3) is 10.9 Å². The minimum atomic E-state index is -0.598. The van der Waals surface area contributed by atoms with Crippen LogP contribution in [-0.4, -0.2) is 27.3 Å². The first kappa shape index (κ1) is 13.9. The SMILES string of the molecule is CC(C)(C)OC(=O)n1cc(C(N)=NO)c2ccccc21. The number of hydrogen-bond acceptors (Lipinski definition) is 4. The van der Waals surface area contributed by atoms with Gasteiger partial charge in [-0.3, -0.25) is 4.57 Å². The van der Waals surface area contributed by atoms with Gasteiger partial charge in [0.15, 0.2) is 5.84 Å². The van der Waals surface area contributed by atoms with E-state index in [0.29, 0.717) is 16.5 Å². The molecule has 3 N–H and O–H groups in total. The number of carbonyl (C=O) groups is 1. The molecule has 106 valence electrons. The van der Waals surface area contributed by atoms with Crippen molar-refractivity contribution in [3.63, 3.8) is 0 Å².